The molecule has 0 amide bonds. The molecule has 0 heterocycles. The van der Waals surface area contributed by atoms with E-state index in [9.17, 15) is 0 Å². The van der Waals surface area contributed by atoms with Crippen molar-refractivity contribution >= 4 is 23.0 Å². The second-order valence-electron chi connectivity index (χ2n) is 5.26. The van der Waals surface area contributed by atoms with E-state index in [-0.39, 0.29) is 6.04 Å². The van der Waals surface area contributed by atoms with Crippen molar-refractivity contribution in [3.05, 3.63) is 65.2 Å². The topological polar surface area (TPSA) is 47.8 Å². The van der Waals surface area contributed by atoms with Crippen LogP contribution in [0.4, 0.5) is 5.69 Å². The van der Waals surface area contributed by atoms with Gasteiger partial charge in [-0.1, -0.05) is 42.0 Å². The van der Waals surface area contributed by atoms with Crippen molar-refractivity contribution in [2.75, 3.05) is 5.32 Å². The van der Waals surface area contributed by atoms with Gasteiger partial charge in [-0.05, 0) is 49.3 Å². The molecule has 0 spiro atoms. The van der Waals surface area contributed by atoms with Crippen molar-refractivity contribution in [3.63, 3.8) is 0 Å². The molecule has 0 saturated carbocycles. The van der Waals surface area contributed by atoms with Gasteiger partial charge in [0.25, 0.3) is 0 Å². The van der Waals surface area contributed by atoms with Gasteiger partial charge >= 0.3 is 0 Å². The SMILES string of the molecule is Cc1ccc([C@@H](C)NC(=S)Nc2ccc(CC#N)cc2)cc1. The summed E-state index contributed by atoms with van der Waals surface area (Å²) in [5.41, 5.74) is 4.35. The monoisotopic (exact) mass is 309 g/mol. The third-order valence-electron chi connectivity index (χ3n) is 3.42. The molecule has 2 aromatic carbocycles. The van der Waals surface area contributed by atoms with E-state index in [0.717, 1.165) is 11.3 Å². The number of hydrogen-bond donors (Lipinski definition) is 2. The first-order valence-corrected chi connectivity index (χ1v) is 7.59. The molecule has 1 atom stereocenters. The van der Waals surface area contributed by atoms with Gasteiger partial charge < -0.3 is 10.6 Å². The van der Waals surface area contributed by atoms with E-state index in [1.807, 2.05) is 24.3 Å². The number of nitrogens with zero attached hydrogens (tertiary/aromatic N) is 1. The number of aryl methyl sites for hydroxylation is 1. The van der Waals surface area contributed by atoms with E-state index in [1.165, 1.54) is 11.1 Å². The van der Waals surface area contributed by atoms with Crippen LogP contribution in [0.3, 0.4) is 0 Å². The van der Waals surface area contributed by atoms with Crippen molar-refractivity contribution in [1.82, 2.24) is 5.32 Å². The zero-order valence-electron chi connectivity index (χ0n) is 12.8. The number of hydrogen-bond acceptors (Lipinski definition) is 2. The lowest BCUT2D eigenvalue weighted by Crippen LogP contribution is -2.30. The smallest absolute Gasteiger partial charge is 0.171 e. The standard InChI is InChI=1S/C18H19N3S/c1-13-3-7-16(8-4-13)14(2)20-18(22)21-17-9-5-15(6-10-17)11-12-19/h3-10,14H,11H2,1-2H3,(H2,20,21,22)/t14-/m1/s1. The van der Waals surface area contributed by atoms with Crippen LogP contribution in [0.15, 0.2) is 48.5 Å². The van der Waals surface area contributed by atoms with E-state index in [4.69, 9.17) is 17.5 Å². The van der Waals surface area contributed by atoms with Crippen LogP contribution in [0.1, 0.15) is 29.7 Å². The summed E-state index contributed by atoms with van der Waals surface area (Å²) >= 11 is 5.35. The lowest BCUT2D eigenvalue weighted by molar-refractivity contribution is 0.722. The van der Waals surface area contributed by atoms with E-state index in [2.05, 4.69) is 54.8 Å². The van der Waals surface area contributed by atoms with Crippen LogP contribution in [0.2, 0.25) is 0 Å². The van der Waals surface area contributed by atoms with Gasteiger partial charge in [-0.25, -0.2) is 0 Å². The Morgan fingerprint density at radius 2 is 1.77 bits per heavy atom. The molecule has 112 valence electrons. The molecule has 0 saturated heterocycles. The Bertz CT molecular complexity index is 669. The second-order valence-corrected chi connectivity index (χ2v) is 5.67. The van der Waals surface area contributed by atoms with Crippen LogP contribution < -0.4 is 10.6 Å². The number of nitriles is 1. The molecule has 2 rings (SSSR count). The van der Waals surface area contributed by atoms with E-state index in [0.29, 0.717) is 11.5 Å². The summed E-state index contributed by atoms with van der Waals surface area (Å²) in [6.45, 7) is 4.15. The van der Waals surface area contributed by atoms with Gasteiger partial charge in [0, 0.05) is 5.69 Å². The zero-order valence-corrected chi connectivity index (χ0v) is 13.6. The van der Waals surface area contributed by atoms with Gasteiger partial charge in [0.2, 0.25) is 0 Å². The van der Waals surface area contributed by atoms with Gasteiger partial charge in [0.05, 0.1) is 18.5 Å². The van der Waals surface area contributed by atoms with E-state index in [1.54, 1.807) is 0 Å². The average molecular weight is 309 g/mol. The summed E-state index contributed by atoms with van der Waals surface area (Å²) in [7, 11) is 0. The lowest BCUT2D eigenvalue weighted by atomic mass is 10.1. The molecule has 22 heavy (non-hydrogen) atoms. The van der Waals surface area contributed by atoms with Gasteiger partial charge in [0.15, 0.2) is 5.11 Å². The number of thiocarbonyl (C=S) groups is 1. The fourth-order valence-electron chi connectivity index (χ4n) is 2.10. The minimum atomic E-state index is 0.137. The molecular weight excluding hydrogens is 290 g/mol. The summed E-state index contributed by atoms with van der Waals surface area (Å²) in [6, 6.07) is 18.4. The fraction of sp³-hybridized carbons (Fsp3) is 0.222. The first-order chi connectivity index (χ1) is 10.6. The maximum Gasteiger partial charge on any atom is 0.171 e. The third kappa shape index (κ3) is 4.57. The summed E-state index contributed by atoms with van der Waals surface area (Å²) in [5.74, 6) is 0. The normalized spacial score (nSPS) is 11.3. The van der Waals surface area contributed by atoms with Crippen molar-refractivity contribution in [3.8, 4) is 6.07 Å². The summed E-state index contributed by atoms with van der Waals surface area (Å²) in [6.07, 6.45) is 0.424. The first kappa shape index (κ1) is 16.0. The molecule has 0 radical (unpaired) electrons. The van der Waals surface area contributed by atoms with E-state index >= 15 is 0 Å². The molecule has 0 aliphatic carbocycles. The van der Waals surface area contributed by atoms with Gasteiger partial charge in [0.1, 0.15) is 0 Å². The molecule has 3 nitrogen and oxygen atoms in total. The zero-order chi connectivity index (χ0) is 15.9. The highest BCUT2D eigenvalue weighted by atomic mass is 32.1. The van der Waals surface area contributed by atoms with Crippen molar-refractivity contribution in [2.24, 2.45) is 0 Å². The lowest BCUT2D eigenvalue weighted by Gasteiger charge is -2.17. The predicted octanol–water partition coefficient (Wildman–Crippen LogP) is 4.11. The molecular formula is C18H19N3S. The molecule has 2 N–H and O–H groups in total. The highest BCUT2D eigenvalue weighted by molar-refractivity contribution is 7.80. The van der Waals surface area contributed by atoms with E-state index < -0.39 is 0 Å². The average Bonchev–Trinajstić information content (AvgIpc) is 2.50. The number of benzene rings is 2. The molecule has 0 aliphatic rings. The quantitative estimate of drug-likeness (QED) is 0.835. The van der Waals surface area contributed by atoms with Crippen LogP contribution in [0.5, 0.6) is 0 Å². The Kier molecular flexibility index (Phi) is 5.51. The maximum absolute atomic E-state index is 8.66. The van der Waals surface area contributed by atoms with Crippen LogP contribution in [-0.4, -0.2) is 5.11 Å². The van der Waals surface area contributed by atoms with Crippen LogP contribution in [0, 0.1) is 18.3 Å². The van der Waals surface area contributed by atoms with Gasteiger partial charge in [-0.2, -0.15) is 5.26 Å². The Morgan fingerprint density at radius 3 is 2.36 bits per heavy atom. The molecule has 0 bridgehead atoms. The van der Waals surface area contributed by atoms with Crippen LogP contribution >= 0.6 is 12.2 Å². The Morgan fingerprint density at radius 1 is 1.14 bits per heavy atom. The molecule has 0 aliphatic heterocycles. The molecule has 0 fully saturated rings. The van der Waals surface area contributed by atoms with Crippen LogP contribution in [0.25, 0.3) is 0 Å². The second kappa shape index (κ2) is 7.58. The van der Waals surface area contributed by atoms with Crippen molar-refractivity contribution in [2.45, 2.75) is 26.3 Å². The largest absolute Gasteiger partial charge is 0.356 e. The predicted molar refractivity (Wildman–Crippen MR) is 94.7 cm³/mol. The van der Waals surface area contributed by atoms with Crippen molar-refractivity contribution < 1.29 is 0 Å². The molecule has 4 heteroatoms. The highest BCUT2D eigenvalue weighted by Crippen LogP contribution is 2.14. The highest BCUT2D eigenvalue weighted by Gasteiger charge is 2.07. The number of rotatable bonds is 4. The number of nitrogens with one attached hydrogen (secondary N) is 2. The maximum atomic E-state index is 8.66. The summed E-state index contributed by atoms with van der Waals surface area (Å²) in [5, 5.41) is 15.7. The van der Waals surface area contributed by atoms with Crippen molar-refractivity contribution in [1.29, 1.82) is 5.26 Å². The fourth-order valence-corrected chi connectivity index (χ4v) is 2.39. The minimum Gasteiger partial charge on any atom is -0.356 e. The molecule has 2 aromatic rings. The molecule has 0 aromatic heterocycles. The number of anilines is 1. The summed E-state index contributed by atoms with van der Waals surface area (Å²) in [4.78, 5) is 0. The van der Waals surface area contributed by atoms with Gasteiger partial charge in [-0.15, -0.1) is 0 Å². The third-order valence-corrected chi connectivity index (χ3v) is 3.64. The summed E-state index contributed by atoms with van der Waals surface area (Å²) < 4.78 is 0. The molecule has 0 unspecified atom stereocenters. The van der Waals surface area contributed by atoms with Crippen LogP contribution in [-0.2, 0) is 6.42 Å². The Hall–Kier alpha value is -2.38. The first-order valence-electron chi connectivity index (χ1n) is 7.18. The Labute approximate surface area is 137 Å². The minimum absolute atomic E-state index is 0.137. The Balaban J connectivity index is 1.92. The van der Waals surface area contributed by atoms with Gasteiger partial charge in [-0.3, -0.25) is 0 Å².